The third-order valence-corrected chi connectivity index (χ3v) is 6.10. The summed E-state index contributed by atoms with van der Waals surface area (Å²) in [5, 5.41) is 5.39. The fraction of sp³-hybridized carbons (Fsp3) is 0.261. The molecular formula is C23H21Cl2N3O2. The average molecular weight is 442 g/mol. The van der Waals surface area contributed by atoms with Crippen LogP contribution in [0.1, 0.15) is 39.5 Å². The van der Waals surface area contributed by atoms with Gasteiger partial charge in [-0.25, -0.2) is 0 Å². The summed E-state index contributed by atoms with van der Waals surface area (Å²) in [5.41, 5.74) is 4.80. The molecule has 0 atom stereocenters. The number of nitrogens with zero attached hydrogens (tertiary/aromatic N) is 3. The third-order valence-electron chi connectivity index (χ3n) is 5.37. The standard InChI is InChI=1S/C23H21Cl2N3O2/c1-15(29)27-7-6-18-10-19(3-4-20(18)14-27)23(30)9-17-11-26-28(13-17)12-16-2-5-21(24)22(25)8-16/h2-5,8,10-11,13H,6-7,9,12,14H2,1H3. The lowest BCUT2D eigenvalue weighted by atomic mass is 9.94. The van der Waals surface area contributed by atoms with E-state index in [0.717, 1.165) is 28.7 Å². The van der Waals surface area contributed by atoms with Crippen LogP contribution in [0, 0.1) is 0 Å². The molecule has 7 heteroatoms. The van der Waals surface area contributed by atoms with Gasteiger partial charge >= 0.3 is 0 Å². The summed E-state index contributed by atoms with van der Waals surface area (Å²) >= 11 is 12.0. The van der Waals surface area contributed by atoms with E-state index in [2.05, 4.69) is 5.10 Å². The molecule has 154 valence electrons. The summed E-state index contributed by atoms with van der Waals surface area (Å²) in [7, 11) is 0. The van der Waals surface area contributed by atoms with Crippen molar-refractivity contribution in [2.45, 2.75) is 32.9 Å². The van der Waals surface area contributed by atoms with Crippen molar-refractivity contribution < 1.29 is 9.59 Å². The van der Waals surface area contributed by atoms with Crippen molar-refractivity contribution in [1.29, 1.82) is 0 Å². The second-order valence-corrected chi connectivity index (χ2v) is 8.38. The molecule has 1 aliphatic heterocycles. The first kappa shape index (κ1) is 20.6. The molecule has 0 N–H and O–H groups in total. The van der Waals surface area contributed by atoms with Crippen molar-refractivity contribution in [2.24, 2.45) is 0 Å². The fourth-order valence-corrected chi connectivity index (χ4v) is 4.01. The Kier molecular flexibility index (Phi) is 5.93. The number of rotatable bonds is 5. The maximum Gasteiger partial charge on any atom is 0.219 e. The van der Waals surface area contributed by atoms with Gasteiger partial charge < -0.3 is 4.90 Å². The zero-order valence-electron chi connectivity index (χ0n) is 16.6. The van der Waals surface area contributed by atoms with E-state index in [1.54, 1.807) is 23.9 Å². The van der Waals surface area contributed by atoms with Gasteiger partial charge in [0.2, 0.25) is 5.91 Å². The highest BCUT2D eigenvalue weighted by atomic mass is 35.5. The van der Waals surface area contributed by atoms with Gasteiger partial charge in [-0.3, -0.25) is 14.3 Å². The molecule has 4 rings (SSSR count). The van der Waals surface area contributed by atoms with E-state index in [4.69, 9.17) is 23.2 Å². The summed E-state index contributed by atoms with van der Waals surface area (Å²) in [5.74, 6) is 0.138. The number of hydrogen-bond donors (Lipinski definition) is 0. The Labute approximate surface area is 185 Å². The Morgan fingerprint density at radius 2 is 1.87 bits per heavy atom. The molecule has 0 fully saturated rings. The van der Waals surface area contributed by atoms with Crippen LogP contribution >= 0.6 is 23.2 Å². The number of ketones is 1. The molecule has 0 bridgehead atoms. The lowest BCUT2D eigenvalue weighted by Crippen LogP contribution is -2.34. The fourth-order valence-electron chi connectivity index (χ4n) is 3.69. The van der Waals surface area contributed by atoms with Crippen LogP contribution in [-0.2, 0) is 30.7 Å². The molecule has 2 heterocycles. The van der Waals surface area contributed by atoms with Crippen molar-refractivity contribution in [2.75, 3.05) is 6.54 Å². The molecule has 0 saturated heterocycles. The smallest absolute Gasteiger partial charge is 0.219 e. The number of hydrogen-bond acceptors (Lipinski definition) is 3. The van der Waals surface area contributed by atoms with Crippen molar-refractivity contribution >= 4 is 34.9 Å². The average Bonchev–Trinajstić information content (AvgIpc) is 3.16. The molecule has 0 aliphatic carbocycles. The van der Waals surface area contributed by atoms with E-state index in [1.807, 2.05) is 41.4 Å². The normalized spacial score (nSPS) is 13.2. The van der Waals surface area contributed by atoms with Gasteiger partial charge in [-0.2, -0.15) is 5.10 Å². The lowest BCUT2D eigenvalue weighted by molar-refractivity contribution is -0.129. The molecule has 0 spiro atoms. The first-order chi connectivity index (χ1) is 14.4. The second kappa shape index (κ2) is 8.62. The molecule has 5 nitrogen and oxygen atoms in total. The summed E-state index contributed by atoms with van der Waals surface area (Å²) in [6, 6.07) is 11.3. The highest BCUT2D eigenvalue weighted by molar-refractivity contribution is 6.42. The Morgan fingerprint density at radius 3 is 2.63 bits per heavy atom. The van der Waals surface area contributed by atoms with E-state index < -0.39 is 0 Å². The van der Waals surface area contributed by atoms with Crippen LogP contribution in [0.4, 0.5) is 0 Å². The van der Waals surface area contributed by atoms with Gasteiger partial charge in [0.1, 0.15) is 0 Å². The molecule has 1 aliphatic rings. The van der Waals surface area contributed by atoms with Crippen LogP contribution < -0.4 is 0 Å². The van der Waals surface area contributed by atoms with Gasteiger partial charge in [0.05, 0.1) is 22.8 Å². The summed E-state index contributed by atoms with van der Waals surface area (Å²) in [6.45, 7) is 3.45. The van der Waals surface area contributed by atoms with E-state index in [-0.39, 0.29) is 11.7 Å². The molecule has 1 amide bonds. The minimum absolute atomic E-state index is 0.0564. The highest BCUT2D eigenvalue weighted by Gasteiger charge is 2.19. The number of amides is 1. The predicted molar refractivity (Wildman–Crippen MR) is 117 cm³/mol. The van der Waals surface area contributed by atoms with Crippen LogP contribution in [0.3, 0.4) is 0 Å². The van der Waals surface area contributed by atoms with Crippen LogP contribution in [0.15, 0.2) is 48.8 Å². The maximum absolute atomic E-state index is 12.8. The van der Waals surface area contributed by atoms with Gasteiger partial charge in [0.15, 0.2) is 5.78 Å². The molecule has 1 aromatic heterocycles. The second-order valence-electron chi connectivity index (χ2n) is 7.57. The molecular weight excluding hydrogens is 421 g/mol. The van der Waals surface area contributed by atoms with Gasteiger partial charge in [-0.05, 0) is 46.9 Å². The summed E-state index contributed by atoms with van der Waals surface area (Å²) in [4.78, 5) is 26.2. The number of aromatic nitrogens is 2. The van der Waals surface area contributed by atoms with Crippen LogP contribution in [-0.4, -0.2) is 32.9 Å². The lowest BCUT2D eigenvalue weighted by Gasteiger charge is -2.28. The molecule has 2 aromatic carbocycles. The number of carbonyl (C=O) groups excluding carboxylic acids is 2. The minimum Gasteiger partial charge on any atom is -0.338 e. The van der Waals surface area contributed by atoms with Crippen LogP contribution in [0.2, 0.25) is 10.0 Å². The third kappa shape index (κ3) is 4.58. The monoisotopic (exact) mass is 441 g/mol. The minimum atomic E-state index is 0.0564. The predicted octanol–water partition coefficient (Wildman–Crippen LogP) is 4.57. The number of Topliss-reactive ketones (excluding diaryl/α,β-unsaturated/α-hetero) is 1. The van der Waals surface area contributed by atoms with E-state index in [1.165, 1.54) is 0 Å². The Bertz CT molecular complexity index is 1120. The topological polar surface area (TPSA) is 55.2 Å². The molecule has 3 aromatic rings. The van der Waals surface area contributed by atoms with Gasteiger partial charge in [0.25, 0.3) is 0 Å². The van der Waals surface area contributed by atoms with Crippen LogP contribution in [0.5, 0.6) is 0 Å². The van der Waals surface area contributed by atoms with E-state index in [0.29, 0.717) is 41.7 Å². The Morgan fingerprint density at radius 1 is 1.03 bits per heavy atom. The molecule has 30 heavy (non-hydrogen) atoms. The number of fused-ring (bicyclic) bond motifs is 1. The van der Waals surface area contributed by atoms with E-state index >= 15 is 0 Å². The number of carbonyl (C=O) groups is 2. The van der Waals surface area contributed by atoms with Gasteiger partial charge in [-0.15, -0.1) is 0 Å². The largest absolute Gasteiger partial charge is 0.338 e. The van der Waals surface area contributed by atoms with E-state index in [9.17, 15) is 9.59 Å². The van der Waals surface area contributed by atoms with Crippen molar-refractivity contribution in [3.63, 3.8) is 0 Å². The summed E-state index contributed by atoms with van der Waals surface area (Å²) < 4.78 is 1.78. The van der Waals surface area contributed by atoms with Gasteiger partial charge in [-0.1, -0.05) is 41.4 Å². The molecule has 0 radical (unpaired) electrons. The van der Waals surface area contributed by atoms with Crippen molar-refractivity contribution in [1.82, 2.24) is 14.7 Å². The maximum atomic E-state index is 12.8. The quantitative estimate of drug-likeness (QED) is 0.544. The highest BCUT2D eigenvalue weighted by Crippen LogP contribution is 2.23. The Hall–Kier alpha value is -2.63. The zero-order chi connectivity index (χ0) is 21.3. The van der Waals surface area contributed by atoms with Crippen LogP contribution in [0.25, 0.3) is 0 Å². The zero-order valence-corrected chi connectivity index (χ0v) is 18.1. The van der Waals surface area contributed by atoms with Crippen molar-refractivity contribution in [3.05, 3.63) is 86.7 Å². The number of halogens is 2. The first-order valence-corrected chi connectivity index (χ1v) is 10.5. The SMILES string of the molecule is CC(=O)N1CCc2cc(C(=O)Cc3cnn(Cc4ccc(Cl)c(Cl)c4)c3)ccc2C1. The van der Waals surface area contributed by atoms with Gasteiger partial charge in [0, 0.05) is 38.2 Å². The first-order valence-electron chi connectivity index (χ1n) is 9.75. The summed E-state index contributed by atoms with van der Waals surface area (Å²) in [6.07, 6.45) is 4.67. The molecule has 0 saturated carbocycles. The Balaban J connectivity index is 1.42. The molecule has 0 unspecified atom stereocenters. The van der Waals surface area contributed by atoms with Crippen molar-refractivity contribution in [3.8, 4) is 0 Å². The number of benzene rings is 2.